The van der Waals surface area contributed by atoms with E-state index in [4.69, 9.17) is 11.6 Å². The number of benzene rings is 1. The van der Waals surface area contributed by atoms with E-state index in [9.17, 15) is 4.79 Å². The maximum Gasteiger partial charge on any atom is 0.280 e. The Hall–Kier alpha value is -2.34. The monoisotopic (exact) mass is 399 g/mol. The number of hydrogen-bond donors (Lipinski definition) is 2. The topological polar surface area (TPSA) is 75.6 Å². The number of halogens is 1. The van der Waals surface area contributed by atoms with E-state index in [1.165, 1.54) is 32.1 Å². The van der Waals surface area contributed by atoms with Crippen molar-refractivity contribution < 1.29 is 0 Å². The lowest BCUT2D eigenvalue weighted by atomic mass is 9.87. The summed E-state index contributed by atoms with van der Waals surface area (Å²) in [5, 5.41) is 3.98. The van der Waals surface area contributed by atoms with Gasteiger partial charge < -0.3 is 9.88 Å². The number of fused-ring (bicyclic) bond motifs is 1. The third-order valence-electron chi connectivity index (χ3n) is 5.59. The molecule has 2 N–H and O–H groups in total. The van der Waals surface area contributed by atoms with Crippen LogP contribution in [0.15, 0.2) is 29.1 Å². The first kappa shape index (κ1) is 19.0. The van der Waals surface area contributed by atoms with E-state index in [1.54, 1.807) is 0 Å². The Morgan fingerprint density at radius 1 is 1.18 bits per heavy atom. The average Bonchev–Trinajstić information content (AvgIpc) is 3.08. The van der Waals surface area contributed by atoms with Crippen molar-refractivity contribution >= 4 is 28.7 Å². The van der Waals surface area contributed by atoms with E-state index >= 15 is 0 Å². The lowest BCUT2D eigenvalue weighted by Gasteiger charge is -2.21. The van der Waals surface area contributed by atoms with Gasteiger partial charge in [0.05, 0.1) is 0 Å². The molecular weight excluding hydrogens is 374 g/mol. The fraction of sp³-hybridized carbons (Fsp3) is 0.476. The molecule has 0 bridgehead atoms. The maximum absolute atomic E-state index is 12.6. The first-order valence-corrected chi connectivity index (χ1v) is 10.5. The van der Waals surface area contributed by atoms with Gasteiger partial charge in [-0.2, -0.15) is 4.98 Å². The van der Waals surface area contributed by atoms with Gasteiger partial charge in [-0.15, -0.1) is 0 Å². The summed E-state index contributed by atoms with van der Waals surface area (Å²) in [6, 6.07) is 7.47. The summed E-state index contributed by atoms with van der Waals surface area (Å²) in [5.41, 5.74) is 1.67. The number of hydrogen-bond acceptors (Lipinski definition) is 4. The summed E-state index contributed by atoms with van der Waals surface area (Å²) in [4.78, 5) is 24.7. The van der Waals surface area contributed by atoms with Crippen molar-refractivity contribution in [3.05, 3.63) is 39.6 Å². The standard InChI is InChI=1S/C21H26ClN5O/c1-2-27-18(15-8-10-16(22)11-9-15)24-17-19(27)25-21(26-20(17)28)23-13-12-14-6-4-3-5-7-14/h8-11,14H,2-7,12-13H2,1H3,(H2,23,25,26,28). The number of H-pyrrole nitrogens is 1. The van der Waals surface area contributed by atoms with Gasteiger partial charge in [0.1, 0.15) is 5.82 Å². The first-order valence-electron chi connectivity index (χ1n) is 10.2. The smallest absolute Gasteiger partial charge is 0.280 e. The van der Waals surface area contributed by atoms with Crippen LogP contribution in [0.3, 0.4) is 0 Å². The molecule has 1 aliphatic carbocycles. The minimum Gasteiger partial charge on any atom is -0.356 e. The molecule has 28 heavy (non-hydrogen) atoms. The molecule has 6 nitrogen and oxygen atoms in total. The first-order chi connectivity index (χ1) is 13.7. The largest absolute Gasteiger partial charge is 0.356 e. The number of nitrogens with zero attached hydrogens (tertiary/aromatic N) is 3. The summed E-state index contributed by atoms with van der Waals surface area (Å²) in [5.74, 6) is 2.03. The van der Waals surface area contributed by atoms with Crippen LogP contribution in [-0.4, -0.2) is 26.1 Å². The minimum atomic E-state index is -0.215. The summed E-state index contributed by atoms with van der Waals surface area (Å²) in [6.07, 6.45) is 7.80. The van der Waals surface area contributed by atoms with Crippen LogP contribution in [0.25, 0.3) is 22.6 Å². The van der Waals surface area contributed by atoms with E-state index in [0.717, 1.165) is 30.3 Å². The van der Waals surface area contributed by atoms with Crippen LogP contribution in [0, 0.1) is 5.92 Å². The lowest BCUT2D eigenvalue weighted by Crippen LogP contribution is -2.17. The number of aryl methyl sites for hydroxylation is 1. The summed E-state index contributed by atoms with van der Waals surface area (Å²) in [6.45, 7) is 3.52. The molecule has 0 radical (unpaired) electrons. The van der Waals surface area contributed by atoms with Gasteiger partial charge in [-0.1, -0.05) is 43.7 Å². The quantitative estimate of drug-likeness (QED) is 0.621. The van der Waals surface area contributed by atoms with Crippen molar-refractivity contribution in [3.8, 4) is 11.4 Å². The zero-order valence-corrected chi connectivity index (χ0v) is 16.9. The molecular formula is C21H26ClN5O. The van der Waals surface area contributed by atoms with Crippen molar-refractivity contribution in [1.82, 2.24) is 19.5 Å². The fourth-order valence-electron chi connectivity index (χ4n) is 4.08. The van der Waals surface area contributed by atoms with Crippen LogP contribution < -0.4 is 10.9 Å². The van der Waals surface area contributed by atoms with E-state index in [2.05, 4.69) is 20.3 Å². The zero-order valence-electron chi connectivity index (χ0n) is 16.2. The molecule has 2 heterocycles. The van der Waals surface area contributed by atoms with E-state index in [1.807, 2.05) is 35.8 Å². The molecule has 0 saturated heterocycles. The Labute approximate surface area is 169 Å². The van der Waals surface area contributed by atoms with Gasteiger partial charge in [0.25, 0.3) is 5.56 Å². The second-order valence-electron chi connectivity index (χ2n) is 7.49. The molecule has 0 unspecified atom stereocenters. The maximum atomic E-state index is 12.6. The molecule has 7 heteroatoms. The van der Waals surface area contributed by atoms with E-state index in [-0.39, 0.29) is 5.56 Å². The third-order valence-corrected chi connectivity index (χ3v) is 5.85. The van der Waals surface area contributed by atoms with E-state index in [0.29, 0.717) is 28.7 Å². The van der Waals surface area contributed by atoms with Crippen LogP contribution in [0.4, 0.5) is 5.95 Å². The van der Waals surface area contributed by atoms with Crippen LogP contribution in [0.5, 0.6) is 0 Å². The molecule has 3 aromatic rings. The van der Waals surface area contributed by atoms with Crippen LogP contribution >= 0.6 is 11.6 Å². The molecule has 0 amide bonds. The van der Waals surface area contributed by atoms with Gasteiger partial charge in [0, 0.05) is 23.7 Å². The van der Waals surface area contributed by atoms with Crippen molar-refractivity contribution in [2.45, 2.75) is 52.0 Å². The minimum absolute atomic E-state index is 0.215. The van der Waals surface area contributed by atoms with Crippen molar-refractivity contribution in [2.24, 2.45) is 5.92 Å². The molecule has 1 aliphatic rings. The number of rotatable bonds is 6. The van der Waals surface area contributed by atoms with Crippen LogP contribution in [0.2, 0.25) is 5.02 Å². The fourth-order valence-corrected chi connectivity index (χ4v) is 4.21. The Balaban J connectivity index is 1.60. The van der Waals surface area contributed by atoms with Crippen LogP contribution in [0.1, 0.15) is 45.4 Å². The third kappa shape index (κ3) is 3.92. The highest BCUT2D eigenvalue weighted by Crippen LogP contribution is 2.26. The molecule has 1 aromatic carbocycles. The van der Waals surface area contributed by atoms with Gasteiger partial charge in [-0.05, 0) is 43.5 Å². The lowest BCUT2D eigenvalue weighted by molar-refractivity contribution is 0.345. The van der Waals surface area contributed by atoms with Gasteiger partial charge in [-0.25, -0.2) is 4.98 Å². The predicted molar refractivity (Wildman–Crippen MR) is 114 cm³/mol. The van der Waals surface area contributed by atoms with Gasteiger partial charge in [0.15, 0.2) is 11.2 Å². The van der Waals surface area contributed by atoms with Gasteiger partial charge in [-0.3, -0.25) is 9.78 Å². The molecule has 148 valence electrons. The zero-order chi connectivity index (χ0) is 19.5. The highest BCUT2D eigenvalue weighted by molar-refractivity contribution is 6.30. The normalized spacial score (nSPS) is 15.2. The second kappa shape index (κ2) is 8.35. The molecule has 0 spiro atoms. The van der Waals surface area contributed by atoms with Gasteiger partial charge >= 0.3 is 0 Å². The molecule has 4 rings (SSSR count). The molecule has 0 aliphatic heterocycles. The average molecular weight is 400 g/mol. The van der Waals surface area contributed by atoms with Crippen LogP contribution in [-0.2, 0) is 6.54 Å². The second-order valence-corrected chi connectivity index (χ2v) is 7.93. The number of anilines is 1. The summed E-state index contributed by atoms with van der Waals surface area (Å²) >= 11 is 6.00. The highest BCUT2D eigenvalue weighted by Gasteiger charge is 2.17. The summed E-state index contributed by atoms with van der Waals surface area (Å²) < 4.78 is 1.97. The Morgan fingerprint density at radius 3 is 2.64 bits per heavy atom. The Morgan fingerprint density at radius 2 is 1.93 bits per heavy atom. The summed E-state index contributed by atoms with van der Waals surface area (Å²) in [7, 11) is 0. The highest BCUT2D eigenvalue weighted by atomic mass is 35.5. The molecule has 2 aromatic heterocycles. The Bertz CT molecular complexity index is 1000. The molecule has 1 saturated carbocycles. The number of aromatic nitrogens is 4. The van der Waals surface area contributed by atoms with E-state index < -0.39 is 0 Å². The SMILES string of the molecule is CCn1c(-c2ccc(Cl)cc2)nc2c(=O)[nH]c(NCCC3CCCCC3)nc21. The molecule has 0 atom stereocenters. The predicted octanol–water partition coefficient (Wildman–Crippen LogP) is 4.84. The number of nitrogens with one attached hydrogen (secondary N) is 2. The van der Waals surface area contributed by atoms with Gasteiger partial charge in [0.2, 0.25) is 5.95 Å². The van der Waals surface area contributed by atoms with Crippen molar-refractivity contribution in [3.63, 3.8) is 0 Å². The molecule has 1 fully saturated rings. The van der Waals surface area contributed by atoms with Crippen molar-refractivity contribution in [2.75, 3.05) is 11.9 Å². The Kier molecular flexibility index (Phi) is 5.67. The van der Waals surface area contributed by atoms with Crippen molar-refractivity contribution in [1.29, 1.82) is 0 Å². The number of imidazole rings is 1. The number of aromatic amines is 1.